The molecular weight excluding hydrogens is 517 g/mol. The Kier molecular flexibility index (Phi) is 6.69. The fraction of sp³-hybridized carbons (Fsp3) is 0. The van der Waals surface area contributed by atoms with Crippen molar-refractivity contribution in [2.75, 3.05) is 0 Å². The minimum absolute atomic E-state index is 0.925. The topological polar surface area (TPSA) is 51.6 Å². The molecule has 0 aliphatic carbocycles. The van der Waals surface area contributed by atoms with Crippen LogP contribution in [0, 0.1) is 0 Å². The Morgan fingerprint density at radius 1 is 0.341 bits per heavy atom. The summed E-state index contributed by atoms with van der Waals surface area (Å²) in [5.74, 6) is 0. The molecule has 0 radical (unpaired) electrons. The van der Waals surface area contributed by atoms with Crippen LogP contribution in [0.2, 0.25) is 0 Å². The molecule has 0 amide bonds. The number of aromatic nitrogens is 4. The van der Waals surface area contributed by atoms with E-state index < -0.39 is 9.52 Å². The average Bonchev–Trinajstić information content (AvgIpc) is 3.47. The Balaban J connectivity index is 1.38. The van der Waals surface area contributed by atoms with Gasteiger partial charge in [0.25, 0.3) is 0 Å². The predicted molar refractivity (Wildman–Crippen MR) is 170 cm³/mol. The van der Waals surface area contributed by atoms with Crippen LogP contribution in [-0.4, -0.2) is 29.5 Å². The van der Waals surface area contributed by atoms with Crippen molar-refractivity contribution in [1.82, 2.24) is 19.9 Å². The lowest BCUT2D eigenvalue weighted by Crippen LogP contribution is -2.01. The average molecular weight is 543 g/mol. The van der Waals surface area contributed by atoms with Crippen LogP contribution in [0.5, 0.6) is 0 Å². The molecule has 0 saturated carbocycles. The highest BCUT2D eigenvalue weighted by atomic mass is 28.2. The molecular formula is C36H26N4Si. The third kappa shape index (κ3) is 4.95. The van der Waals surface area contributed by atoms with Crippen molar-refractivity contribution >= 4 is 31.1 Å². The molecule has 0 bridgehead atoms. The summed E-state index contributed by atoms with van der Waals surface area (Å²) < 4.78 is 0. The number of rotatable bonds is 6. The SMILES string of the molecule is c1ccc(C2=C(c3ccc(-c4ccccn4)cn3)[SiH2]C(c3ccc(-c4ccccn4)cn3)=C2c2ccccc2)cc1. The number of allylic oxidation sites excluding steroid dienone is 2. The Hall–Kier alpha value is -5.26. The molecule has 2 aromatic carbocycles. The largest absolute Gasteiger partial charge is 0.256 e. The summed E-state index contributed by atoms with van der Waals surface area (Å²) in [5.41, 5.74) is 10.8. The Morgan fingerprint density at radius 3 is 1.15 bits per heavy atom. The van der Waals surface area contributed by atoms with Gasteiger partial charge < -0.3 is 0 Å². The lowest BCUT2D eigenvalue weighted by molar-refractivity contribution is 1.26. The lowest BCUT2D eigenvalue weighted by atomic mass is 9.90. The van der Waals surface area contributed by atoms with Crippen molar-refractivity contribution in [3.63, 3.8) is 0 Å². The molecule has 4 aromatic heterocycles. The summed E-state index contributed by atoms with van der Waals surface area (Å²) in [6.07, 6.45) is 7.53. The summed E-state index contributed by atoms with van der Waals surface area (Å²) >= 11 is 0. The van der Waals surface area contributed by atoms with Gasteiger partial charge in [0.05, 0.1) is 32.3 Å². The molecule has 194 valence electrons. The Labute approximate surface area is 241 Å². The number of benzene rings is 2. The van der Waals surface area contributed by atoms with Crippen LogP contribution in [0.15, 0.2) is 146 Å². The molecule has 0 saturated heterocycles. The zero-order valence-electron chi connectivity index (χ0n) is 22.4. The van der Waals surface area contributed by atoms with Gasteiger partial charge in [-0.15, -0.1) is 0 Å². The fourth-order valence-corrected chi connectivity index (χ4v) is 7.70. The van der Waals surface area contributed by atoms with E-state index in [-0.39, 0.29) is 0 Å². The first-order valence-corrected chi connectivity index (χ1v) is 15.1. The van der Waals surface area contributed by atoms with Crippen LogP contribution in [-0.2, 0) is 0 Å². The van der Waals surface area contributed by atoms with E-state index in [1.165, 1.54) is 32.7 Å². The number of pyridine rings is 4. The van der Waals surface area contributed by atoms with Crippen LogP contribution < -0.4 is 0 Å². The smallest absolute Gasteiger partial charge is 0.0948 e. The highest BCUT2D eigenvalue weighted by Gasteiger charge is 2.30. The van der Waals surface area contributed by atoms with Gasteiger partial charge in [0.15, 0.2) is 0 Å². The van der Waals surface area contributed by atoms with Crippen molar-refractivity contribution < 1.29 is 0 Å². The number of hydrogen-bond acceptors (Lipinski definition) is 4. The second-order valence-corrected chi connectivity index (χ2v) is 11.7. The van der Waals surface area contributed by atoms with E-state index in [2.05, 4.69) is 94.9 Å². The Bertz CT molecular complexity index is 1710. The monoisotopic (exact) mass is 542 g/mol. The maximum atomic E-state index is 5.00. The Morgan fingerprint density at radius 2 is 0.780 bits per heavy atom. The lowest BCUT2D eigenvalue weighted by Gasteiger charge is -2.14. The van der Waals surface area contributed by atoms with E-state index in [4.69, 9.17) is 9.97 Å². The standard InChI is InChI=1S/C36H26N4Si/c1-3-11-25(12-4-1)33-34(26-13-5-2-6-14-26)36(32-20-18-28(24-40-32)30-16-8-10-22-38-30)41-35(33)31-19-17-27(23-39-31)29-15-7-9-21-37-29/h1-24H,41H2. The molecule has 0 atom stereocenters. The molecule has 6 aromatic rings. The van der Waals surface area contributed by atoms with Crippen molar-refractivity contribution in [2.45, 2.75) is 0 Å². The second-order valence-electron chi connectivity index (χ2n) is 9.91. The van der Waals surface area contributed by atoms with Crippen LogP contribution in [0.3, 0.4) is 0 Å². The van der Waals surface area contributed by atoms with E-state index in [0.29, 0.717) is 0 Å². The maximum absolute atomic E-state index is 5.00. The molecule has 4 nitrogen and oxygen atoms in total. The summed E-state index contributed by atoms with van der Waals surface area (Å²) in [4.78, 5) is 19.0. The van der Waals surface area contributed by atoms with Gasteiger partial charge in [-0.25, -0.2) is 0 Å². The minimum atomic E-state index is -0.955. The van der Waals surface area contributed by atoms with Crippen LogP contribution in [0.4, 0.5) is 0 Å². The van der Waals surface area contributed by atoms with Gasteiger partial charge >= 0.3 is 0 Å². The van der Waals surface area contributed by atoms with Crippen molar-refractivity contribution in [1.29, 1.82) is 0 Å². The van der Waals surface area contributed by atoms with E-state index >= 15 is 0 Å². The zero-order valence-corrected chi connectivity index (χ0v) is 23.8. The molecule has 5 heteroatoms. The first kappa shape index (κ1) is 24.8. The normalized spacial score (nSPS) is 13.1. The molecule has 1 aliphatic rings. The molecule has 0 fully saturated rings. The third-order valence-corrected chi connectivity index (χ3v) is 9.54. The molecule has 7 rings (SSSR count). The van der Waals surface area contributed by atoms with E-state index in [1.54, 1.807) is 0 Å². The van der Waals surface area contributed by atoms with Crippen molar-refractivity contribution in [2.24, 2.45) is 0 Å². The van der Waals surface area contributed by atoms with Gasteiger partial charge in [-0.2, -0.15) is 0 Å². The molecule has 1 aliphatic heterocycles. The summed E-state index contributed by atoms with van der Waals surface area (Å²) in [7, 11) is -0.955. The van der Waals surface area contributed by atoms with E-state index in [0.717, 1.165) is 33.9 Å². The van der Waals surface area contributed by atoms with Gasteiger partial charge in [-0.1, -0.05) is 72.8 Å². The van der Waals surface area contributed by atoms with Gasteiger partial charge in [0.2, 0.25) is 0 Å². The molecule has 5 heterocycles. The van der Waals surface area contributed by atoms with Crippen LogP contribution in [0.1, 0.15) is 22.5 Å². The minimum Gasteiger partial charge on any atom is -0.256 e. The zero-order chi connectivity index (χ0) is 27.4. The third-order valence-electron chi connectivity index (χ3n) is 7.40. The highest BCUT2D eigenvalue weighted by Crippen LogP contribution is 2.47. The molecule has 41 heavy (non-hydrogen) atoms. The summed E-state index contributed by atoms with van der Waals surface area (Å²) in [6.45, 7) is 0. The van der Waals surface area contributed by atoms with E-state index in [9.17, 15) is 0 Å². The van der Waals surface area contributed by atoms with Gasteiger partial charge in [-0.05, 0) is 81.2 Å². The second kappa shape index (κ2) is 11.1. The van der Waals surface area contributed by atoms with Crippen LogP contribution in [0.25, 0.3) is 44.1 Å². The fourth-order valence-electron chi connectivity index (χ4n) is 5.45. The number of hydrogen-bond donors (Lipinski definition) is 0. The number of nitrogens with zero attached hydrogens (tertiary/aromatic N) is 4. The maximum Gasteiger partial charge on any atom is 0.0948 e. The molecule has 0 unspecified atom stereocenters. The summed E-state index contributed by atoms with van der Waals surface area (Å²) in [6, 6.07) is 41.9. The van der Waals surface area contributed by atoms with E-state index in [1.807, 2.05) is 61.2 Å². The molecule has 0 N–H and O–H groups in total. The van der Waals surface area contributed by atoms with Crippen LogP contribution >= 0.6 is 0 Å². The van der Waals surface area contributed by atoms with Crippen molar-refractivity contribution in [3.8, 4) is 22.5 Å². The predicted octanol–water partition coefficient (Wildman–Crippen LogP) is 7.22. The molecule has 0 spiro atoms. The van der Waals surface area contributed by atoms with Gasteiger partial charge in [0, 0.05) is 35.9 Å². The summed E-state index contributed by atoms with van der Waals surface area (Å²) in [5, 5.41) is 2.65. The first-order chi connectivity index (χ1) is 20.3. The quantitative estimate of drug-likeness (QED) is 0.209. The van der Waals surface area contributed by atoms with Gasteiger partial charge in [-0.3, -0.25) is 19.9 Å². The first-order valence-electron chi connectivity index (χ1n) is 13.7. The van der Waals surface area contributed by atoms with Crippen molar-refractivity contribution in [3.05, 3.63) is 169 Å². The van der Waals surface area contributed by atoms with Gasteiger partial charge in [0.1, 0.15) is 0 Å². The highest BCUT2D eigenvalue weighted by molar-refractivity contribution is 6.86.